The van der Waals surface area contributed by atoms with Gasteiger partial charge in [-0.1, -0.05) is 6.08 Å². The Morgan fingerprint density at radius 2 is 2.20 bits per heavy atom. The molecule has 1 N–H and O–H groups in total. The highest BCUT2D eigenvalue weighted by Crippen LogP contribution is 2.20. The van der Waals surface area contributed by atoms with Crippen molar-refractivity contribution in [2.75, 3.05) is 6.54 Å². The van der Waals surface area contributed by atoms with E-state index in [2.05, 4.69) is 11.9 Å². The van der Waals surface area contributed by atoms with Crippen LogP contribution in [0.5, 0.6) is 0 Å². The van der Waals surface area contributed by atoms with E-state index in [9.17, 15) is 19.7 Å². The van der Waals surface area contributed by atoms with Gasteiger partial charge in [0.15, 0.2) is 0 Å². The summed E-state index contributed by atoms with van der Waals surface area (Å²) in [5.74, 6) is -0.618. The molecule has 0 saturated carbocycles. The van der Waals surface area contributed by atoms with E-state index in [4.69, 9.17) is 4.42 Å². The van der Waals surface area contributed by atoms with Gasteiger partial charge in [0.2, 0.25) is 0 Å². The smallest absolute Gasteiger partial charge is 0.349 e. The number of nitrogens with zero attached hydrogens (tertiary/aromatic N) is 1. The summed E-state index contributed by atoms with van der Waals surface area (Å²) in [4.78, 5) is 33.5. The van der Waals surface area contributed by atoms with Gasteiger partial charge < -0.3 is 9.73 Å². The van der Waals surface area contributed by atoms with Crippen molar-refractivity contribution in [1.29, 1.82) is 0 Å². The second-order valence-electron chi connectivity index (χ2n) is 3.93. The standard InChI is InChI=1S/C13H10N2O5/c1-2-5-14-12(16)10-7-8-6-9(15(18)19)3-4-11(8)20-13(10)17/h2-4,6-7H,1,5H2,(H,14,16). The summed E-state index contributed by atoms with van der Waals surface area (Å²) in [5, 5.41) is 13.4. The first-order valence-corrected chi connectivity index (χ1v) is 5.64. The number of non-ortho nitro benzene ring substituents is 1. The van der Waals surface area contributed by atoms with Crippen molar-refractivity contribution in [3.05, 3.63) is 63.0 Å². The molecule has 0 radical (unpaired) electrons. The maximum absolute atomic E-state index is 11.7. The second-order valence-corrected chi connectivity index (χ2v) is 3.93. The normalized spacial score (nSPS) is 10.2. The summed E-state index contributed by atoms with van der Waals surface area (Å²) in [5.41, 5.74) is -0.975. The molecule has 2 rings (SSSR count). The third kappa shape index (κ3) is 2.56. The fourth-order valence-corrected chi connectivity index (χ4v) is 1.64. The van der Waals surface area contributed by atoms with Crippen molar-refractivity contribution < 1.29 is 14.1 Å². The molecule has 0 bridgehead atoms. The Morgan fingerprint density at radius 3 is 2.85 bits per heavy atom. The Hall–Kier alpha value is -2.96. The molecule has 1 aromatic carbocycles. The van der Waals surface area contributed by atoms with Gasteiger partial charge in [0, 0.05) is 24.1 Å². The molecule has 0 atom stereocenters. The molecule has 0 aliphatic rings. The summed E-state index contributed by atoms with van der Waals surface area (Å²) < 4.78 is 4.96. The molecule has 0 unspecified atom stereocenters. The number of carbonyl (C=O) groups is 1. The molecular weight excluding hydrogens is 264 g/mol. The van der Waals surface area contributed by atoms with E-state index in [1.807, 2.05) is 0 Å². The highest BCUT2D eigenvalue weighted by molar-refractivity contribution is 5.96. The molecule has 20 heavy (non-hydrogen) atoms. The molecule has 1 heterocycles. The predicted octanol–water partition coefficient (Wildman–Crippen LogP) is 1.62. The number of nitro groups is 1. The summed E-state index contributed by atoms with van der Waals surface area (Å²) in [7, 11) is 0. The number of rotatable bonds is 4. The van der Waals surface area contributed by atoms with E-state index in [-0.39, 0.29) is 23.4 Å². The lowest BCUT2D eigenvalue weighted by molar-refractivity contribution is -0.384. The van der Waals surface area contributed by atoms with Gasteiger partial charge in [0.05, 0.1) is 4.92 Å². The average Bonchev–Trinajstić information content (AvgIpc) is 2.43. The maximum atomic E-state index is 11.7. The van der Waals surface area contributed by atoms with Crippen molar-refractivity contribution in [2.24, 2.45) is 0 Å². The molecule has 7 heteroatoms. The van der Waals surface area contributed by atoms with Crippen LogP contribution in [0.4, 0.5) is 5.69 Å². The van der Waals surface area contributed by atoms with E-state index in [1.165, 1.54) is 30.3 Å². The van der Waals surface area contributed by atoms with E-state index >= 15 is 0 Å². The number of hydrogen-bond acceptors (Lipinski definition) is 5. The lowest BCUT2D eigenvalue weighted by Gasteiger charge is -2.02. The zero-order chi connectivity index (χ0) is 14.7. The molecule has 0 aliphatic heterocycles. The Labute approximate surface area is 112 Å². The van der Waals surface area contributed by atoms with Crippen LogP contribution in [-0.2, 0) is 0 Å². The summed E-state index contributed by atoms with van der Waals surface area (Å²) in [6.07, 6.45) is 1.46. The van der Waals surface area contributed by atoms with Crippen LogP contribution in [0.25, 0.3) is 11.0 Å². The molecule has 1 aromatic heterocycles. The Bertz CT molecular complexity index is 763. The molecule has 1 amide bonds. The predicted molar refractivity (Wildman–Crippen MR) is 71.7 cm³/mol. The largest absolute Gasteiger partial charge is 0.422 e. The molecule has 0 saturated heterocycles. The van der Waals surface area contributed by atoms with Gasteiger partial charge in [-0.05, 0) is 12.1 Å². The number of carbonyl (C=O) groups excluding carboxylic acids is 1. The Morgan fingerprint density at radius 1 is 1.45 bits per heavy atom. The van der Waals surface area contributed by atoms with Gasteiger partial charge in [-0.15, -0.1) is 6.58 Å². The fourth-order valence-electron chi connectivity index (χ4n) is 1.64. The number of benzene rings is 1. The summed E-state index contributed by atoms with van der Waals surface area (Å²) in [6.45, 7) is 3.64. The summed E-state index contributed by atoms with van der Waals surface area (Å²) in [6, 6.07) is 5.05. The zero-order valence-corrected chi connectivity index (χ0v) is 10.3. The third-order valence-electron chi connectivity index (χ3n) is 2.58. The van der Waals surface area contributed by atoms with Crippen molar-refractivity contribution in [2.45, 2.75) is 0 Å². The second kappa shape index (κ2) is 5.35. The van der Waals surface area contributed by atoms with E-state index in [0.29, 0.717) is 5.39 Å². The monoisotopic (exact) mass is 274 g/mol. The SMILES string of the molecule is C=CCNC(=O)c1cc2cc([N+](=O)[O-])ccc2oc1=O. The quantitative estimate of drug-likeness (QED) is 0.395. The minimum absolute atomic E-state index is 0.149. The number of amides is 1. The van der Waals surface area contributed by atoms with Gasteiger partial charge in [-0.25, -0.2) is 4.79 Å². The van der Waals surface area contributed by atoms with Crippen LogP contribution in [0.3, 0.4) is 0 Å². The van der Waals surface area contributed by atoms with Crippen molar-refractivity contribution >= 4 is 22.6 Å². The summed E-state index contributed by atoms with van der Waals surface area (Å²) >= 11 is 0. The molecule has 102 valence electrons. The van der Waals surface area contributed by atoms with Crippen LogP contribution in [0.2, 0.25) is 0 Å². The van der Waals surface area contributed by atoms with Gasteiger partial charge in [-0.2, -0.15) is 0 Å². The van der Waals surface area contributed by atoms with Crippen molar-refractivity contribution in [3.63, 3.8) is 0 Å². The number of nitrogens with one attached hydrogen (secondary N) is 1. The van der Waals surface area contributed by atoms with Gasteiger partial charge in [0.25, 0.3) is 11.6 Å². The molecule has 2 aromatic rings. The first-order valence-electron chi connectivity index (χ1n) is 5.64. The minimum atomic E-state index is -0.798. The average molecular weight is 274 g/mol. The number of fused-ring (bicyclic) bond motifs is 1. The van der Waals surface area contributed by atoms with Crippen molar-refractivity contribution in [1.82, 2.24) is 5.32 Å². The lowest BCUT2D eigenvalue weighted by Crippen LogP contribution is -2.28. The molecular formula is C13H10N2O5. The third-order valence-corrected chi connectivity index (χ3v) is 2.58. The van der Waals surface area contributed by atoms with Gasteiger partial charge in [0.1, 0.15) is 11.1 Å². The van der Waals surface area contributed by atoms with Crippen molar-refractivity contribution in [3.8, 4) is 0 Å². The molecule has 7 nitrogen and oxygen atoms in total. The molecule has 0 aliphatic carbocycles. The molecule has 0 spiro atoms. The maximum Gasteiger partial charge on any atom is 0.349 e. The fraction of sp³-hybridized carbons (Fsp3) is 0.0769. The number of nitro benzene ring substituents is 1. The van der Waals surface area contributed by atoms with Crippen LogP contribution in [-0.4, -0.2) is 17.4 Å². The topological polar surface area (TPSA) is 102 Å². The van der Waals surface area contributed by atoms with Crippen LogP contribution >= 0.6 is 0 Å². The highest BCUT2D eigenvalue weighted by atomic mass is 16.6. The molecule has 0 fully saturated rings. The van der Waals surface area contributed by atoms with Gasteiger partial charge in [-0.3, -0.25) is 14.9 Å². The van der Waals surface area contributed by atoms with Gasteiger partial charge >= 0.3 is 5.63 Å². The Balaban J connectivity index is 2.53. The first-order chi connectivity index (χ1) is 9.52. The lowest BCUT2D eigenvalue weighted by atomic mass is 10.1. The van der Waals surface area contributed by atoms with E-state index in [1.54, 1.807) is 0 Å². The first kappa shape index (κ1) is 13.5. The van der Waals surface area contributed by atoms with Crippen LogP contribution in [0.1, 0.15) is 10.4 Å². The highest BCUT2D eigenvalue weighted by Gasteiger charge is 2.15. The number of hydrogen-bond donors (Lipinski definition) is 1. The van der Waals surface area contributed by atoms with Crippen LogP contribution in [0.15, 0.2) is 46.1 Å². The minimum Gasteiger partial charge on any atom is -0.422 e. The van der Waals surface area contributed by atoms with E-state index in [0.717, 1.165) is 0 Å². The van der Waals surface area contributed by atoms with Crippen LogP contribution < -0.4 is 10.9 Å². The van der Waals surface area contributed by atoms with E-state index < -0.39 is 16.5 Å². The zero-order valence-electron chi connectivity index (χ0n) is 10.3. The van der Waals surface area contributed by atoms with Crippen LogP contribution in [0, 0.1) is 10.1 Å². The Kier molecular flexibility index (Phi) is 3.60.